The topological polar surface area (TPSA) is 93.8 Å². The van der Waals surface area contributed by atoms with Crippen LogP contribution >= 0.6 is 0 Å². The van der Waals surface area contributed by atoms with Crippen LogP contribution in [0.5, 0.6) is 0 Å². The van der Waals surface area contributed by atoms with E-state index in [2.05, 4.69) is 20.9 Å². The number of carbonyl (C=O) groups excluding carboxylic acids is 3. The molecule has 1 aromatic carbocycles. The number of urea groups is 1. The number of nitrogens with one attached hydrogen (secondary N) is 3. The third-order valence-corrected chi connectivity index (χ3v) is 6.22. The van der Waals surface area contributed by atoms with E-state index in [1.54, 1.807) is 11.0 Å². The monoisotopic (exact) mass is 445 g/mol. The zero-order valence-electron chi connectivity index (χ0n) is 18.6. The van der Waals surface area contributed by atoms with Crippen LogP contribution in [0.2, 0.25) is 0 Å². The maximum absolute atomic E-state index is 13.7. The van der Waals surface area contributed by atoms with Gasteiger partial charge in [0.2, 0.25) is 11.8 Å². The van der Waals surface area contributed by atoms with Crippen LogP contribution in [0.1, 0.15) is 38.7 Å². The highest BCUT2D eigenvalue weighted by Gasteiger charge is 2.44. The molecular weight excluding hydrogens is 413 g/mol. The molecule has 2 aliphatic heterocycles. The third kappa shape index (κ3) is 5.56. The van der Waals surface area contributed by atoms with Gasteiger partial charge in [-0.1, -0.05) is 12.1 Å². The first-order chi connectivity index (χ1) is 15.3. The number of fused-ring (bicyclic) bond motifs is 1. The molecule has 3 atom stereocenters. The Labute approximate surface area is 187 Å². The van der Waals surface area contributed by atoms with Crippen molar-refractivity contribution >= 4 is 17.8 Å². The second-order valence-corrected chi connectivity index (χ2v) is 9.51. The van der Waals surface area contributed by atoms with E-state index < -0.39 is 6.04 Å². The standard InChI is InChI=1S/C23H32FN5O3/c1-14(2)25-23(32)26-18-9-19-12-28(10-15-4-3-5-17(24)8-15)13-20(22(31)29(19)11-18)27-21(30)16-6-7-16/h3-5,8,14,16,18-20H,6-7,9-13H2,1-2H3,(H,27,30)(H2,25,26,32)/t18-,19-,20-/m0/s1. The van der Waals surface area contributed by atoms with Gasteiger partial charge in [-0.15, -0.1) is 0 Å². The first-order valence-corrected chi connectivity index (χ1v) is 11.4. The Balaban J connectivity index is 1.49. The molecule has 0 aromatic heterocycles. The normalized spacial score (nSPS) is 25.9. The summed E-state index contributed by atoms with van der Waals surface area (Å²) in [4.78, 5) is 41.9. The van der Waals surface area contributed by atoms with Gasteiger partial charge in [-0.2, -0.15) is 0 Å². The summed E-state index contributed by atoms with van der Waals surface area (Å²) < 4.78 is 13.7. The molecule has 0 radical (unpaired) electrons. The van der Waals surface area contributed by atoms with Crippen molar-refractivity contribution in [3.8, 4) is 0 Å². The van der Waals surface area contributed by atoms with Crippen LogP contribution in [-0.4, -0.2) is 71.4 Å². The van der Waals surface area contributed by atoms with Gasteiger partial charge in [0.25, 0.3) is 0 Å². The van der Waals surface area contributed by atoms with Gasteiger partial charge >= 0.3 is 6.03 Å². The van der Waals surface area contributed by atoms with Crippen molar-refractivity contribution in [1.29, 1.82) is 0 Å². The van der Waals surface area contributed by atoms with Gasteiger partial charge in [0.15, 0.2) is 0 Å². The highest BCUT2D eigenvalue weighted by molar-refractivity contribution is 5.90. The SMILES string of the molecule is CC(C)NC(=O)N[C@H]1C[C@H]2CN(Cc3cccc(F)c3)C[C@H](NC(=O)C3CC3)C(=O)N2C1. The Morgan fingerprint density at radius 2 is 1.94 bits per heavy atom. The van der Waals surface area contributed by atoms with E-state index in [1.165, 1.54) is 12.1 Å². The van der Waals surface area contributed by atoms with E-state index in [4.69, 9.17) is 0 Å². The highest BCUT2D eigenvalue weighted by Crippen LogP contribution is 2.30. The molecule has 32 heavy (non-hydrogen) atoms. The molecule has 3 N–H and O–H groups in total. The fraction of sp³-hybridized carbons (Fsp3) is 0.609. The summed E-state index contributed by atoms with van der Waals surface area (Å²) >= 11 is 0. The molecule has 0 spiro atoms. The van der Waals surface area contributed by atoms with Crippen molar-refractivity contribution in [3.05, 3.63) is 35.6 Å². The summed E-state index contributed by atoms with van der Waals surface area (Å²) in [5, 5.41) is 8.73. The van der Waals surface area contributed by atoms with Crippen molar-refractivity contribution in [2.24, 2.45) is 5.92 Å². The summed E-state index contributed by atoms with van der Waals surface area (Å²) in [6.07, 6.45) is 2.37. The van der Waals surface area contributed by atoms with Crippen molar-refractivity contribution in [1.82, 2.24) is 25.8 Å². The van der Waals surface area contributed by atoms with Crippen LogP contribution in [0.3, 0.4) is 0 Å². The molecule has 8 nitrogen and oxygen atoms in total. The van der Waals surface area contributed by atoms with E-state index in [0.29, 0.717) is 32.6 Å². The first-order valence-electron chi connectivity index (χ1n) is 11.4. The zero-order chi connectivity index (χ0) is 22.8. The predicted octanol–water partition coefficient (Wildman–Crippen LogP) is 1.21. The number of rotatable bonds is 6. The maximum Gasteiger partial charge on any atom is 0.315 e. The van der Waals surface area contributed by atoms with E-state index >= 15 is 0 Å². The van der Waals surface area contributed by atoms with Gasteiger partial charge in [0.05, 0.1) is 6.04 Å². The van der Waals surface area contributed by atoms with Crippen LogP contribution in [0.15, 0.2) is 24.3 Å². The van der Waals surface area contributed by atoms with Crippen LogP contribution < -0.4 is 16.0 Å². The van der Waals surface area contributed by atoms with Gasteiger partial charge < -0.3 is 20.9 Å². The molecule has 1 aliphatic carbocycles. The minimum absolute atomic E-state index is 0.00578. The molecule has 2 heterocycles. The Morgan fingerprint density at radius 3 is 2.62 bits per heavy atom. The smallest absolute Gasteiger partial charge is 0.315 e. The first kappa shape index (κ1) is 22.5. The molecule has 2 saturated heterocycles. The Bertz CT molecular complexity index is 875. The van der Waals surface area contributed by atoms with Gasteiger partial charge in [0.1, 0.15) is 11.9 Å². The lowest BCUT2D eigenvalue weighted by Gasteiger charge is -2.25. The van der Waals surface area contributed by atoms with Crippen LogP contribution in [0.25, 0.3) is 0 Å². The average Bonchev–Trinajstić information content (AvgIpc) is 3.49. The maximum atomic E-state index is 13.7. The predicted molar refractivity (Wildman–Crippen MR) is 117 cm³/mol. The van der Waals surface area contributed by atoms with Crippen LogP contribution in [0, 0.1) is 11.7 Å². The Kier molecular flexibility index (Phi) is 6.64. The minimum Gasteiger partial charge on any atom is -0.343 e. The molecule has 9 heteroatoms. The molecule has 0 unspecified atom stereocenters. The molecular formula is C23H32FN5O3. The van der Waals surface area contributed by atoms with Crippen LogP contribution in [0.4, 0.5) is 9.18 Å². The number of nitrogens with zero attached hydrogens (tertiary/aromatic N) is 2. The lowest BCUT2D eigenvalue weighted by atomic mass is 10.1. The van der Waals surface area contributed by atoms with Crippen molar-refractivity contribution < 1.29 is 18.8 Å². The van der Waals surface area contributed by atoms with E-state index in [0.717, 1.165) is 18.4 Å². The third-order valence-electron chi connectivity index (χ3n) is 6.22. The molecule has 4 rings (SSSR count). The summed E-state index contributed by atoms with van der Waals surface area (Å²) in [5.74, 6) is -0.474. The highest BCUT2D eigenvalue weighted by atomic mass is 19.1. The molecule has 1 saturated carbocycles. The van der Waals surface area contributed by atoms with Gasteiger partial charge in [0, 0.05) is 44.2 Å². The number of carbonyl (C=O) groups is 3. The summed E-state index contributed by atoms with van der Waals surface area (Å²) in [5.41, 5.74) is 0.821. The molecule has 0 bridgehead atoms. The molecule has 174 valence electrons. The Morgan fingerprint density at radius 1 is 1.16 bits per heavy atom. The van der Waals surface area contributed by atoms with Crippen molar-refractivity contribution in [3.63, 3.8) is 0 Å². The Hall–Kier alpha value is -2.68. The summed E-state index contributed by atoms with van der Waals surface area (Å²) in [6, 6.07) is 5.33. The summed E-state index contributed by atoms with van der Waals surface area (Å²) in [6.45, 7) is 5.66. The molecule has 3 aliphatic rings. The van der Waals surface area contributed by atoms with Gasteiger partial charge in [-0.25, -0.2) is 9.18 Å². The largest absolute Gasteiger partial charge is 0.343 e. The fourth-order valence-electron chi connectivity index (χ4n) is 4.63. The van der Waals surface area contributed by atoms with Crippen molar-refractivity contribution in [2.45, 2.75) is 63.8 Å². The second-order valence-electron chi connectivity index (χ2n) is 9.51. The number of hydrogen-bond acceptors (Lipinski definition) is 4. The summed E-state index contributed by atoms with van der Waals surface area (Å²) in [7, 11) is 0. The van der Waals surface area contributed by atoms with Crippen molar-refractivity contribution in [2.75, 3.05) is 19.6 Å². The van der Waals surface area contributed by atoms with E-state index in [1.807, 2.05) is 19.9 Å². The second kappa shape index (κ2) is 9.44. The number of benzene rings is 1. The molecule has 1 aromatic rings. The van der Waals surface area contributed by atoms with Gasteiger partial charge in [-0.05, 0) is 50.8 Å². The minimum atomic E-state index is -0.648. The van der Waals surface area contributed by atoms with E-state index in [9.17, 15) is 18.8 Å². The average molecular weight is 446 g/mol. The molecule has 3 fully saturated rings. The quantitative estimate of drug-likeness (QED) is 0.614. The lowest BCUT2D eigenvalue weighted by Crippen LogP contribution is -2.52. The number of amides is 4. The zero-order valence-corrected chi connectivity index (χ0v) is 18.6. The number of hydrogen-bond donors (Lipinski definition) is 3. The van der Waals surface area contributed by atoms with Crippen LogP contribution in [-0.2, 0) is 16.1 Å². The number of halogens is 1. The fourth-order valence-corrected chi connectivity index (χ4v) is 4.63. The lowest BCUT2D eigenvalue weighted by molar-refractivity contribution is -0.136. The van der Waals surface area contributed by atoms with Gasteiger partial charge in [-0.3, -0.25) is 14.5 Å². The van der Waals surface area contributed by atoms with E-state index in [-0.39, 0.29) is 47.7 Å². The molecule has 4 amide bonds.